The van der Waals surface area contributed by atoms with Gasteiger partial charge < -0.3 is 16.0 Å². The Labute approximate surface area is 163 Å². The third-order valence-electron chi connectivity index (χ3n) is 4.14. The van der Waals surface area contributed by atoms with Gasteiger partial charge in [0.1, 0.15) is 0 Å². The van der Waals surface area contributed by atoms with Crippen LogP contribution < -0.4 is 16.0 Å². The number of benzene rings is 2. The van der Waals surface area contributed by atoms with Crippen molar-refractivity contribution in [1.82, 2.24) is 10.6 Å². The van der Waals surface area contributed by atoms with E-state index in [1.165, 1.54) is 19.1 Å². The van der Waals surface area contributed by atoms with Crippen molar-refractivity contribution in [3.05, 3.63) is 76.0 Å². The highest BCUT2D eigenvalue weighted by molar-refractivity contribution is 6.30. The average molecular weight is 410 g/mol. The number of carbonyl (C=O) groups is 2. The van der Waals surface area contributed by atoms with Crippen molar-refractivity contribution in [2.75, 3.05) is 5.32 Å². The number of hydrogen-bond acceptors (Lipinski definition) is 2. The zero-order chi connectivity index (χ0) is 20.5. The summed E-state index contributed by atoms with van der Waals surface area (Å²) in [6.07, 6.45) is -4.53. The van der Waals surface area contributed by atoms with E-state index in [1.807, 2.05) is 0 Å². The Kier molecular flexibility index (Phi) is 5.33. The second-order valence-electron chi connectivity index (χ2n) is 6.16. The number of carbonyl (C=O) groups excluding carboxylic acids is 2. The lowest BCUT2D eigenvalue weighted by Crippen LogP contribution is -2.46. The summed E-state index contributed by atoms with van der Waals surface area (Å²) < 4.78 is 38.7. The Morgan fingerprint density at radius 3 is 2.54 bits per heavy atom. The second-order valence-corrected chi connectivity index (χ2v) is 6.59. The Balaban J connectivity index is 1.94. The van der Waals surface area contributed by atoms with E-state index in [9.17, 15) is 22.8 Å². The maximum absolute atomic E-state index is 12.9. The molecule has 0 saturated heterocycles. The van der Waals surface area contributed by atoms with Crippen LogP contribution in [0.1, 0.15) is 24.1 Å². The quantitative estimate of drug-likeness (QED) is 0.692. The van der Waals surface area contributed by atoms with Crippen molar-refractivity contribution in [2.45, 2.75) is 19.1 Å². The topological polar surface area (TPSA) is 70.2 Å². The molecule has 3 N–H and O–H groups in total. The highest BCUT2D eigenvalue weighted by atomic mass is 35.5. The first-order chi connectivity index (χ1) is 13.1. The van der Waals surface area contributed by atoms with E-state index in [0.29, 0.717) is 16.3 Å². The molecule has 0 radical (unpaired) electrons. The van der Waals surface area contributed by atoms with Gasteiger partial charge in [-0.1, -0.05) is 29.8 Å². The lowest BCUT2D eigenvalue weighted by molar-refractivity contribution is -0.137. The van der Waals surface area contributed by atoms with E-state index in [2.05, 4.69) is 16.0 Å². The molecule has 0 fully saturated rings. The summed E-state index contributed by atoms with van der Waals surface area (Å²) in [7, 11) is 0. The van der Waals surface area contributed by atoms with Gasteiger partial charge in [0.15, 0.2) is 0 Å². The number of alkyl halides is 3. The third kappa shape index (κ3) is 4.28. The van der Waals surface area contributed by atoms with Crippen LogP contribution in [0, 0.1) is 0 Å². The summed E-state index contributed by atoms with van der Waals surface area (Å²) >= 11 is 6.00. The van der Waals surface area contributed by atoms with Crippen molar-refractivity contribution < 1.29 is 22.8 Å². The molecule has 0 unspecified atom stereocenters. The van der Waals surface area contributed by atoms with Gasteiger partial charge >= 0.3 is 12.2 Å². The first-order valence-corrected chi connectivity index (χ1v) is 8.55. The lowest BCUT2D eigenvalue weighted by atomic mass is 9.95. The molecule has 2 aromatic carbocycles. The Hall–Kier alpha value is -3.00. The van der Waals surface area contributed by atoms with Gasteiger partial charge in [0.05, 0.1) is 17.2 Å². The van der Waals surface area contributed by atoms with Crippen LogP contribution in [0.2, 0.25) is 5.02 Å². The van der Waals surface area contributed by atoms with Crippen LogP contribution in [0.3, 0.4) is 0 Å². The highest BCUT2D eigenvalue weighted by Gasteiger charge is 2.33. The summed E-state index contributed by atoms with van der Waals surface area (Å²) in [6.45, 7) is 1.54. The molecule has 0 aliphatic carbocycles. The van der Waals surface area contributed by atoms with Crippen molar-refractivity contribution in [1.29, 1.82) is 0 Å². The Bertz CT molecular complexity index is 973. The van der Waals surface area contributed by atoms with Crippen molar-refractivity contribution in [2.24, 2.45) is 0 Å². The van der Waals surface area contributed by atoms with Gasteiger partial charge in [0.2, 0.25) is 0 Å². The number of anilines is 1. The van der Waals surface area contributed by atoms with Gasteiger partial charge in [-0.25, -0.2) is 4.79 Å². The normalized spacial score (nSPS) is 17.0. The summed E-state index contributed by atoms with van der Waals surface area (Å²) in [5, 5.41) is 8.02. The predicted octanol–water partition coefficient (Wildman–Crippen LogP) is 4.63. The van der Waals surface area contributed by atoms with Crippen molar-refractivity contribution in [3.8, 4) is 0 Å². The summed E-state index contributed by atoms with van der Waals surface area (Å²) in [6, 6.07) is 9.61. The first-order valence-electron chi connectivity index (χ1n) is 8.17. The van der Waals surface area contributed by atoms with E-state index in [0.717, 1.165) is 12.1 Å². The standard InChI is InChI=1S/C19H15ClF3N3O2/c1-10-15(16(26-18(28)24-10)11-4-2-6-13(20)8-11)17(27)25-14-7-3-5-12(9-14)19(21,22)23/h2-9,16H,1H3,(H,25,27)(H2,24,26,28)/t16-/m1/s1. The van der Waals surface area contributed by atoms with Crippen molar-refractivity contribution in [3.63, 3.8) is 0 Å². The van der Waals surface area contributed by atoms with E-state index < -0.39 is 29.7 Å². The van der Waals surface area contributed by atoms with Crippen molar-refractivity contribution >= 4 is 29.2 Å². The maximum Gasteiger partial charge on any atom is 0.416 e. The molecule has 28 heavy (non-hydrogen) atoms. The third-order valence-corrected chi connectivity index (χ3v) is 4.38. The van der Waals surface area contributed by atoms with E-state index >= 15 is 0 Å². The molecule has 3 amide bonds. The molecule has 146 valence electrons. The van der Waals surface area contributed by atoms with Crippen LogP contribution in [-0.2, 0) is 11.0 Å². The fourth-order valence-electron chi connectivity index (χ4n) is 2.90. The smallest absolute Gasteiger partial charge is 0.327 e. The van der Waals surface area contributed by atoms with Gasteiger partial charge in [0.25, 0.3) is 5.91 Å². The molecule has 3 rings (SSSR count). The minimum Gasteiger partial charge on any atom is -0.327 e. The number of amides is 3. The number of urea groups is 1. The highest BCUT2D eigenvalue weighted by Crippen LogP contribution is 2.32. The Morgan fingerprint density at radius 2 is 1.86 bits per heavy atom. The molecule has 1 heterocycles. The van der Waals surface area contributed by atoms with Crippen LogP contribution in [0.25, 0.3) is 0 Å². The minimum absolute atomic E-state index is 0.0122. The SMILES string of the molecule is CC1=C(C(=O)Nc2cccc(C(F)(F)F)c2)[C@@H](c2cccc(Cl)c2)NC(=O)N1. The average Bonchev–Trinajstić information content (AvgIpc) is 2.60. The molecular weight excluding hydrogens is 395 g/mol. The number of hydrogen-bond donors (Lipinski definition) is 3. The summed E-state index contributed by atoms with van der Waals surface area (Å²) in [4.78, 5) is 24.7. The zero-order valence-electron chi connectivity index (χ0n) is 14.5. The summed E-state index contributed by atoms with van der Waals surface area (Å²) in [5.74, 6) is -0.644. The minimum atomic E-state index is -4.53. The van der Waals surface area contributed by atoms with Gasteiger partial charge in [-0.2, -0.15) is 13.2 Å². The second kappa shape index (κ2) is 7.55. The van der Waals surface area contributed by atoms with Crippen LogP contribution in [0.15, 0.2) is 59.8 Å². The van der Waals surface area contributed by atoms with Gasteiger partial charge in [-0.05, 0) is 42.8 Å². The van der Waals surface area contributed by atoms with E-state index in [4.69, 9.17) is 11.6 Å². The molecule has 0 bridgehead atoms. The molecule has 0 spiro atoms. The molecule has 1 aliphatic heterocycles. The van der Waals surface area contributed by atoms with Crippen LogP contribution >= 0.6 is 11.6 Å². The van der Waals surface area contributed by atoms with Crippen LogP contribution in [-0.4, -0.2) is 11.9 Å². The first kappa shape index (κ1) is 19.8. The fraction of sp³-hybridized carbons (Fsp3) is 0.158. The van der Waals surface area contributed by atoms with Crippen LogP contribution in [0.4, 0.5) is 23.7 Å². The lowest BCUT2D eigenvalue weighted by Gasteiger charge is -2.28. The van der Waals surface area contributed by atoms with Gasteiger partial charge in [-0.15, -0.1) is 0 Å². The Morgan fingerprint density at radius 1 is 1.14 bits per heavy atom. The van der Waals surface area contributed by atoms with Gasteiger partial charge in [-0.3, -0.25) is 4.79 Å². The number of allylic oxidation sites excluding steroid dienone is 1. The molecule has 1 aliphatic rings. The maximum atomic E-state index is 12.9. The number of nitrogens with one attached hydrogen (secondary N) is 3. The molecule has 2 aromatic rings. The molecular formula is C19H15ClF3N3O2. The zero-order valence-corrected chi connectivity index (χ0v) is 15.3. The molecule has 1 atom stereocenters. The fourth-order valence-corrected chi connectivity index (χ4v) is 3.10. The molecule has 9 heteroatoms. The largest absolute Gasteiger partial charge is 0.416 e. The van der Waals surface area contributed by atoms with Crippen LogP contribution in [0.5, 0.6) is 0 Å². The molecule has 0 aromatic heterocycles. The van der Waals surface area contributed by atoms with Gasteiger partial charge in [0, 0.05) is 16.4 Å². The molecule has 0 saturated carbocycles. The monoisotopic (exact) mass is 409 g/mol. The molecule has 5 nitrogen and oxygen atoms in total. The predicted molar refractivity (Wildman–Crippen MR) is 98.6 cm³/mol. The van der Waals surface area contributed by atoms with E-state index in [-0.39, 0.29) is 11.3 Å². The van der Waals surface area contributed by atoms with E-state index in [1.54, 1.807) is 24.3 Å². The number of rotatable bonds is 3. The number of halogens is 4. The summed E-state index contributed by atoms with van der Waals surface area (Å²) in [5.41, 5.74) is 0.132.